The number of benzene rings is 2. The molecule has 13 heteroatoms. The third-order valence-electron chi connectivity index (χ3n) is 12.6. The number of nitrogens with one attached hydrogen (secondary N) is 3. The van der Waals surface area contributed by atoms with Gasteiger partial charge in [0.25, 0.3) is 0 Å². The van der Waals surface area contributed by atoms with Gasteiger partial charge in [0.15, 0.2) is 0 Å². The highest BCUT2D eigenvalue weighted by molar-refractivity contribution is 5.91. The van der Waals surface area contributed by atoms with Gasteiger partial charge in [0.1, 0.15) is 18.1 Å². The van der Waals surface area contributed by atoms with E-state index in [9.17, 15) is 33.9 Å². The summed E-state index contributed by atoms with van der Waals surface area (Å²) in [6.07, 6.45) is 5.10. The molecule has 6 bridgehead atoms. The minimum atomic E-state index is -1.15. The average molecular weight is 757 g/mol. The van der Waals surface area contributed by atoms with Crippen LogP contribution in [0.1, 0.15) is 68.9 Å². The highest BCUT2D eigenvalue weighted by Crippen LogP contribution is 2.33. The predicted molar refractivity (Wildman–Crippen MR) is 205 cm³/mol. The van der Waals surface area contributed by atoms with Crippen molar-refractivity contribution in [3.8, 4) is 0 Å². The first-order valence-electron chi connectivity index (χ1n) is 19.8. The number of rotatable bonds is 5. The van der Waals surface area contributed by atoms with Crippen LogP contribution in [0.25, 0.3) is 0 Å². The molecule has 1 heterocycles. The van der Waals surface area contributed by atoms with Crippen molar-refractivity contribution in [1.29, 1.82) is 0 Å². The van der Waals surface area contributed by atoms with E-state index in [1.165, 1.54) is 4.90 Å². The van der Waals surface area contributed by atoms with Crippen LogP contribution in [-0.2, 0) is 41.6 Å². The Labute approximate surface area is 323 Å². The molecule has 0 radical (unpaired) electrons. The molecule has 6 amide bonds. The number of aliphatic hydroxyl groups excluding tert-OH is 1. The van der Waals surface area contributed by atoms with Crippen LogP contribution < -0.4 is 16.0 Å². The maximum absolute atomic E-state index is 14.2. The van der Waals surface area contributed by atoms with Gasteiger partial charge in [-0.25, -0.2) is 0 Å². The highest BCUT2D eigenvalue weighted by Gasteiger charge is 2.42. The third kappa shape index (κ3) is 9.37. The minimum absolute atomic E-state index is 0.230. The Morgan fingerprint density at radius 1 is 0.491 bits per heavy atom. The number of nitrogens with zero attached hydrogens (tertiary/aromatic N) is 3. The molecule has 13 nitrogen and oxygen atoms in total. The average Bonchev–Trinajstić information content (AvgIpc) is 4.00. The molecular weight excluding hydrogens is 700 g/mol. The monoisotopic (exact) mass is 756 g/mol. The van der Waals surface area contributed by atoms with Gasteiger partial charge in [-0.3, -0.25) is 28.8 Å². The van der Waals surface area contributed by atoms with Crippen LogP contribution in [0.5, 0.6) is 0 Å². The van der Waals surface area contributed by atoms with Crippen molar-refractivity contribution in [3.05, 3.63) is 71.8 Å². The van der Waals surface area contributed by atoms with Crippen molar-refractivity contribution in [2.24, 2.45) is 17.8 Å². The molecule has 0 unspecified atom stereocenters. The SMILES string of the molecule is CN1C(=O)[C@@H](CO)NC(=O)[C@@H]2CC[C@@H](C2)N(C)C(=O)[C@@H](Cc2ccccc2)NC(=O)[C@@H]2CC[C@@H](C2)N(C)C(=O)[C@@H](Cc2ccccc2)NC(=O)[C@@H]2CC[C@H]1C2. The van der Waals surface area contributed by atoms with Gasteiger partial charge in [-0.2, -0.15) is 0 Å². The van der Waals surface area contributed by atoms with Crippen LogP contribution >= 0.6 is 0 Å². The van der Waals surface area contributed by atoms with E-state index in [-0.39, 0.29) is 60.5 Å². The lowest BCUT2D eigenvalue weighted by atomic mass is 10.0. The smallest absolute Gasteiger partial charge is 0.247 e. The number of likely N-dealkylation sites (N-methyl/N-ethyl adjacent to an activating group) is 3. The van der Waals surface area contributed by atoms with Crippen molar-refractivity contribution in [1.82, 2.24) is 30.7 Å². The topological polar surface area (TPSA) is 168 Å². The summed E-state index contributed by atoms with van der Waals surface area (Å²) < 4.78 is 0. The fourth-order valence-corrected chi connectivity index (χ4v) is 9.07. The second-order valence-corrected chi connectivity index (χ2v) is 16.1. The Morgan fingerprint density at radius 2 is 0.800 bits per heavy atom. The largest absolute Gasteiger partial charge is 0.394 e. The zero-order valence-electron chi connectivity index (χ0n) is 32.2. The van der Waals surface area contributed by atoms with Gasteiger partial charge in [0.05, 0.1) is 6.61 Å². The molecule has 9 atom stereocenters. The standard InChI is InChI=1S/C42H56N6O7/c1-46-31-17-14-28(22-31)37(50)43-35(21-27-12-8-5-9-13-27)41(54)47(2)32-18-16-30(24-32)39(52)45-36(25-49)42(55)48(3)33-19-15-29(23-33)38(51)44-34(40(46)53)20-26-10-6-4-7-11-26/h4-13,28-36,49H,14-25H2,1-3H3,(H,43,50)(H,44,51)(H,45,52)/t28-,29-,30-,31+,32+,33+,34-,35-,36-/m1/s1. The summed E-state index contributed by atoms with van der Waals surface area (Å²) in [4.78, 5) is 88.0. The summed E-state index contributed by atoms with van der Waals surface area (Å²) in [5.41, 5.74) is 1.79. The van der Waals surface area contributed by atoms with Crippen molar-refractivity contribution in [2.45, 2.75) is 107 Å². The fourth-order valence-electron chi connectivity index (χ4n) is 9.07. The van der Waals surface area contributed by atoms with Crippen LogP contribution in [0.2, 0.25) is 0 Å². The van der Waals surface area contributed by atoms with Crippen LogP contribution in [0.4, 0.5) is 0 Å². The summed E-state index contributed by atoms with van der Waals surface area (Å²) in [7, 11) is 5.08. The highest BCUT2D eigenvalue weighted by atomic mass is 16.3. The molecule has 4 N–H and O–H groups in total. The van der Waals surface area contributed by atoms with E-state index in [2.05, 4.69) is 16.0 Å². The van der Waals surface area contributed by atoms with Crippen LogP contribution in [0.3, 0.4) is 0 Å². The van der Waals surface area contributed by atoms with Gasteiger partial charge in [-0.1, -0.05) is 60.7 Å². The molecule has 0 aromatic heterocycles. The van der Waals surface area contributed by atoms with E-state index < -0.39 is 48.4 Å². The van der Waals surface area contributed by atoms with E-state index in [1.54, 1.807) is 30.9 Å². The van der Waals surface area contributed by atoms with Gasteiger partial charge in [0.2, 0.25) is 35.4 Å². The second kappa shape index (κ2) is 17.8. The Morgan fingerprint density at radius 3 is 1.13 bits per heavy atom. The van der Waals surface area contributed by atoms with E-state index in [1.807, 2.05) is 60.7 Å². The van der Waals surface area contributed by atoms with Crippen molar-refractivity contribution in [2.75, 3.05) is 27.7 Å². The third-order valence-corrected chi connectivity index (χ3v) is 12.6. The predicted octanol–water partition coefficient (Wildman–Crippen LogP) is 1.81. The molecule has 4 aliphatic rings. The summed E-state index contributed by atoms with van der Waals surface area (Å²) in [5, 5.41) is 19.1. The molecule has 0 spiro atoms. The molecule has 3 saturated carbocycles. The molecule has 1 saturated heterocycles. The van der Waals surface area contributed by atoms with E-state index in [0.29, 0.717) is 57.8 Å². The Hall–Kier alpha value is -4.78. The number of hydrogen-bond donors (Lipinski definition) is 4. The van der Waals surface area contributed by atoms with Gasteiger partial charge in [0, 0.05) is 69.9 Å². The number of carbonyl (C=O) groups excluding carboxylic acids is 6. The van der Waals surface area contributed by atoms with E-state index >= 15 is 0 Å². The second-order valence-electron chi connectivity index (χ2n) is 16.1. The van der Waals surface area contributed by atoms with Gasteiger partial charge in [-0.05, 0) is 68.9 Å². The van der Waals surface area contributed by atoms with E-state index in [0.717, 1.165) is 11.1 Å². The molecule has 4 fully saturated rings. The van der Waals surface area contributed by atoms with Gasteiger partial charge in [-0.15, -0.1) is 0 Å². The number of aliphatic hydroxyl groups is 1. The van der Waals surface area contributed by atoms with Gasteiger partial charge >= 0.3 is 0 Å². The summed E-state index contributed by atoms with van der Waals surface area (Å²) in [5.74, 6) is -3.07. The molecule has 296 valence electrons. The molecule has 1 aliphatic heterocycles. The zero-order valence-corrected chi connectivity index (χ0v) is 32.2. The summed E-state index contributed by atoms with van der Waals surface area (Å²) >= 11 is 0. The van der Waals surface area contributed by atoms with Crippen molar-refractivity contribution >= 4 is 35.4 Å². The Kier molecular flexibility index (Phi) is 12.9. The molecule has 55 heavy (non-hydrogen) atoms. The number of carbonyl (C=O) groups is 6. The Balaban J connectivity index is 1.26. The first-order chi connectivity index (χ1) is 26.4. The number of hydrogen-bond acceptors (Lipinski definition) is 7. The minimum Gasteiger partial charge on any atom is -0.394 e. The first kappa shape index (κ1) is 39.9. The molecule has 2 aromatic rings. The van der Waals surface area contributed by atoms with Crippen LogP contribution in [0, 0.1) is 17.8 Å². The quantitative estimate of drug-likeness (QED) is 0.361. The molecule has 2 aromatic carbocycles. The lowest BCUT2D eigenvalue weighted by Gasteiger charge is -2.31. The van der Waals surface area contributed by atoms with Gasteiger partial charge < -0.3 is 35.8 Å². The zero-order chi connectivity index (χ0) is 39.2. The lowest BCUT2D eigenvalue weighted by Crippen LogP contribution is -2.54. The summed E-state index contributed by atoms with van der Waals surface area (Å²) in [6, 6.07) is 15.4. The molecule has 3 aliphatic carbocycles. The number of amides is 6. The van der Waals surface area contributed by atoms with E-state index in [4.69, 9.17) is 0 Å². The first-order valence-corrected chi connectivity index (χ1v) is 19.8. The van der Waals surface area contributed by atoms with Crippen LogP contribution in [0.15, 0.2) is 60.7 Å². The maximum atomic E-state index is 14.2. The lowest BCUT2D eigenvalue weighted by molar-refractivity contribution is -0.140. The summed E-state index contributed by atoms with van der Waals surface area (Å²) in [6.45, 7) is -0.584. The Bertz CT molecular complexity index is 1670. The maximum Gasteiger partial charge on any atom is 0.247 e. The normalized spacial score (nSPS) is 31.6. The number of fused-ring (bicyclic) bond motifs is 6. The van der Waals surface area contributed by atoms with Crippen LogP contribution in [-0.4, -0.2) is 119 Å². The fraction of sp³-hybridized carbons (Fsp3) is 0.571. The van der Waals surface area contributed by atoms with Crippen molar-refractivity contribution in [3.63, 3.8) is 0 Å². The molecule has 6 rings (SSSR count). The van der Waals surface area contributed by atoms with Crippen molar-refractivity contribution < 1.29 is 33.9 Å². The molecular formula is C42H56N6O7.